The maximum atomic E-state index is 11.9. The molecular weight excluding hydrogens is 182 g/mol. The fraction of sp³-hybridized carbons (Fsp3) is 0.900. The highest BCUT2D eigenvalue weighted by Crippen LogP contribution is 2.27. The van der Waals surface area contributed by atoms with E-state index in [0.29, 0.717) is 11.7 Å². The lowest BCUT2D eigenvalue weighted by Crippen LogP contribution is -2.45. The molecule has 13 heavy (non-hydrogen) atoms. The van der Waals surface area contributed by atoms with Crippen LogP contribution in [0.2, 0.25) is 0 Å². The summed E-state index contributed by atoms with van der Waals surface area (Å²) in [6.07, 6.45) is 4.80. The van der Waals surface area contributed by atoms with Crippen LogP contribution in [0, 0.1) is 5.92 Å². The molecular formula is C10H17NOS. The minimum atomic E-state index is 0.168. The third-order valence-corrected chi connectivity index (χ3v) is 4.08. The molecule has 1 heterocycles. The number of hydrogen-bond donors (Lipinski definition) is 1. The Morgan fingerprint density at radius 1 is 1.31 bits per heavy atom. The second-order valence-corrected chi connectivity index (χ2v) is 5.12. The van der Waals surface area contributed by atoms with Crippen molar-refractivity contribution in [2.45, 2.75) is 31.7 Å². The van der Waals surface area contributed by atoms with E-state index in [9.17, 15) is 4.79 Å². The van der Waals surface area contributed by atoms with Gasteiger partial charge in [0.1, 0.15) is 0 Å². The highest BCUT2D eigenvalue weighted by atomic mass is 32.2. The Labute approximate surface area is 83.8 Å². The van der Waals surface area contributed by atoms with Crippen molar-refractivity contribution >= 4 is 17.5 Å². The zero-order chi connectivity index (χ0) is 9.10. The van der Waals surface area contributed by atoms with Crippen LogP contribution >= 0.6 is 11.8 Å². The number of Topliss-reactive ketones (excluding diaryl/α,β-unsaturated/α-hetero) is 1. The maximum absolute atomic E-state index is 11.9. The van der Waals surface area contributed by atoms with E-state index >= 15 is 0 Å². The van der Waals surface area contributed by atoms with E-state index in [2.05, 4.69) is 5.32 Å². The van der Waals surface area contributed by atoms with E-state index in [-0.39, 0.29) is 6.04 Å². The first-order valence-electron chi connectivity index (χ1n) is 5.23. The minimum absolute atomic E-state index is 0.168. The molecule has 1 aliphatic heterocycles. The van der Waals surface area contributed by atoms with Gasteiger partial charge in [-0.15, -0.1) is 0 Å². The van der Waals surface area contributed by atoms with Crippen molar-refractivity contribution < 1.29 is 4.79 Å². The van der Waals surface area contributed by atoms with Gasteiger partial charge in [0.15, 0.2) is 5.78 Å². The summed E-state index contributed by atoms with van der Waals surface area (Å²) in [5.74, 6) is 3.03. The molecule has 1 atom stereocenters. The van der Waals surface area contributed by atoms with Gasteiger partial charge in [0.05, 0.1) is 6.04 Å². The van der Waals surface area contributed by atoms with Crippen molar-refractivity contribution in [3.63, 3.8) is 0 Å². The topological polar surface area (TPSA) is 29.1 Å². The predicted molar refractivity (Wildman–Crippen MR) is 56.1 cm³/mol. The van der Waals surface area contributed by atoms with Gasteiger partial charge in [-0.2, -0.15) is 11.8 Å². The Morgan fingerprint density at radius 2 is 2.08 bits per heavy atom. The van der Waals surface area contributed by atoms with Crippen molar-refractivity contribution in [3.8, 4) is 0 Å². The van der Waals surface area contributed by atoms with Crippen molar-refractivity contribution in [3.05, 3.63) is 0 Å². The summed E-state index contributed by atoms with van der Waals surface area (Å²) < 4.78 is 0. The summed E-state index contributed by atoms with van der Waals surface area (Å²) in [6.45, 7) is 1.01. The van der Waals surface area contributed by atoms with E-state index in [1.165, 1.54) is 12.8 Å². The standard InChI is InChI=1S/C10H17NOS/c12-10(8-3-1-2-4-8)9-7-13-6-5-11-9/h8-9,11H,1-7H2. The second-order valence-electron chi connectivity index (χ2n) is 3.97. The van der Waals surface area contributed by atoms with Gasteiger partial charge in [-0.05, 0) is 12.8 Å². The van der Waals surface area contributed by atoms with Gasteiger partial charge < -0.3 is 5.32 Å². The second kappa shape index (κ2) is 4.47. The first-order valence-corrected chi connectivity index (χ1v) is 6.38. The van der Waals surface area contributed by atoms with Crippen LogP contribution in [0.1, 0.15) is 25.7 Å². The maximum Gasteiger partial charge on any atom is 0.153 e. The van der Waals surface area contributed by atoms with E-state index in [1.54, 1.807) is 0 Å². The summed E-state index contributed by atoms with van der Waals surface area (Å²) >= 11 is 1.91. The monoisotopic (exact) mass is 199 g/mol. The van der Waals surface area contributed by atoms with E-state index < -0.39 is 0 Å². The lowest BCUT2D eigenvalue weighted by molar-refractivity contribution is -0.124. The van der Waals surface area contributed by atoms with Gasteiger partial charge in [-0.3, -0.25) is 4.79 Å². The lowest BCUT2D eigenvalue weighted by Gasteiger charge is -2.24. The van der Waals surface area contributed by atoms with E-state index in [1.807, 2.05) is 11.8 Å². The molecule has 0 aromatic rings. The zero-order valence-corrected chi connectivity index (χ0v) is 8.74. The molecule has 2 nitrogen and oxygen atoms in total. The third kappa shape index (κ3) is 2.26. The molecule has 2 aliphatic rings. The zero-order valence-electron chi connectivity index (χ0n) is 7.92. The molecule has 0 bridgehead atoms. The van der Waals surface area contributed by atoms with Crippen LogP contribution < -0.4 is 5.32 Å². The molecule has 0 spiro atoms. The smallest absolute Gasteiger partial charge is 0.153 e. The van der Waals surface area contributed by atoms with Crippen LogP contribution in [0.15, 0.2) is 0 Å². The highest BCUT2D eigenvalue weighted by Gasteiger charge is 2.29. The first-order chi connectivity index (χ1) is 6.38. The fourth-order valence-corrected chi connectivity index (χ4v) is 3.19. The Bertz CT molecular complexity index is 183. The molecule has 3 heteroatoms. The van der Waals surface area contributed by atoms with Crippen LogP contribution in [-0.4, -0.2) is 29.9 Å². The number of carbonyl (C=O) groups is 1. The summed E-state index contributed by atoms with van der Waals surface area (Å²) in [5.41, 5.74) is 0. The quantitative estimate of drug-likeness (QED) is 0.730. The number of thioether (sulfide) groups is 1. The summed E-state index contributed by atoms with van der Waals surface area (Å²) in [7, 11) is 0. The van der Waals surface area contributed by atoms with E-state index in [0.717, 1.165) is 30.9 Å². The lowest BCUT2D eigenvalue weighted by atomic mass is 9.97. The number of hydrogen-bond acceptors (Lipinski definition) is 3. The third-order valence-electron chi connectivity index (χ3n) is 3.02. The van der Waals surface area contributed by atoms with Crippen LogP contribution in [0.4, 0.5) is 0 Å². The van der Waals surface area contributed by atoms with Crippen molar-refractivity contribution in [1.82, 2.24) is 5.32 Å². The fourth-order valence-electron chi connectivity index (χ4n) is 2.24. The minimum Gasteiger partial charge on any atom is -0.306 e. The van der Waals surface area contributed by atoms with Crippen molar-refractivity contribution in [1.29, 1.82) is 0 Å². The molecule has 0 aromatic carbocycles. The Kier molecular flexibility index (Phi) is 3.28. The molecule has 0 aromatic heterocycles. The Hall–Kier alpha value is -0.0200. The average molecular weight is 199 g/mol. The average Bonchev–Trinajstić information content (AvgIpc) is 2.71. The SMILES string of the molecule is O=C(C1CCCC1)C1CSCCN1. The van der Waals surface area contributed by atoms with Gasteiger partial charge in [0.2, 0.25) is 0 Å². The molecule has 2 fully saturated rings. The summed E-state index contributed by atoms with van der Waals surface area (Å²) in [4.78, 5) is 11.9. The molecule has 1 saturated heterocycles. The number of ketones is 1. The molecule has 1 unspecified atom stereocenters. The Balaban J connectivity index is 1.87. The van der Waals surface area contributed by atoms with Crippen LogP contribution in [-0.2, 0) is 4.79 Å². The van der Waals surface area contributed by atoms with E-state index in [4.69, 9.17) is 0 Å². The molecule has 1 N–H and O–H groups in total. The number of carbonyl (C=O) groups excluding carboxylic acids is 1. The van der Waals surface area contributed by atoms with Gasteiger partial charge in [0, 0.05) is 24.0 Å². The Morgan fingerprint density at radius 3 is 2.69 bits per heavy atom. The summed E-state index contributed by atoms with van der Waals surface area (Å²) in [5, 5.41) is 3.33. The molecule has 1 aliphatic carbocycles. The molecule has 0 radical (unpaired) electrons. The van der Waals surface area contributed by atoms with Crippen LogP contribution in [0.3, 0.4) is 0 Å². The molecule has 0 amide bonds. The van der Waals surface area contributed by atoms with Crippen LogP contribution in [0.5, 0.6) is 0 Å². The van der Waals surface area contributed by atoms with Crippen molar-refractivity contribution in [2.75, 3.05) is 18.1 Å². The molecule has 74 valence electrons. The highest BCUT2D eigenvalue weighted by molar-refractivity contribution is 7.99. The van der Waals surface area contributed by atoms with Gasteiger partial charge in [-0.25, -0.2) is 0 Å². The van der Waals surface area contributed by atoms with Gasteiger partial charge >= 0.3 is 0 Å². The summed E-state index contributed by atoms with van der Waals surface area (Å²) in [6, 6.07) is 0.168. The first kappa shape index (κ1) is 9.53. The normalized spacial score (nSPS) is 30.6. The van der Waals surface area contributed by atoms with Crippen molar-refractivity contribution in [2.24, 2.45) is 5.92 Å². The van der Waals surface area contributed by atoms with Crippen LogP contribution in [0.25, 0.3) is 0 Å². The predicted octanol–water partition coefficient (Wildman–Crippen LogP) is 1.45. The number of nitrogens with one attached hydrogen (secondary N) is 1. The largest absolute Gasteiger partial charge is 0.306 e. The molecule has 1 saturated carbocycles. The van der Waals surface area contributed by atoms with Gasteiger partial charge in [0.25, 0.3) is 0 Å². The van der Waals surface area contributed by atoms with Gasteiger partial charge in [-0.1, -0.05) is 12.8 Å². The molecule has 2 rings (SSSR count). The number of rotatable bonds is 2.